The number of oxime groups is 1. The zero-order chi connectivity index (χ0) is 16.2. The monoisotopic (exact) mass is 330 g/mol. The molecule has 0 spiro atoms. The van der Waals surface area contributed by atoms with Gasteiger partial charge in [-0.2, -0.15) is 0 Å². The number of hydrogen-bond acceptors (Lipinski definition) is 4. The van der Waals surface area contributed by atoms with Gasteiger partial charge in [-0.3, -0.25) is 4.79 Å². The van der Waals surface area contributed by atoms with E-state index < -0.39 is 6.10 Å². The number of benzene rings is 2. The highest BCUT2D eigenvalue weighted by Gasteiger charge is 2.29. The van der Waals surface area contributed by atoms with Crippen LogP contribution in [0.5, 0.6) is 0 Å². The normalized spacial score (nSPS) is 16.6. The summed E-state index contributed by atoms with van der Waals surface area (Å²) in [7, 11) is 0. The fourth-order valence-electron chi connectivity index (χ4n) is 2.29. The third-order valence-corrected chi connectivity index (χ3v) is 4.30. The maximum Gasteiger partial charge on any atom is 0.268 e. The molecule has 1 amide bonds. The Balaban J connectivity index is 1.65. The number of rotatable bonds is 4. The van der Waals surface area contributed by atoms with Gasteiger partial charge in [0.15, 0.2) is 0 Å². The van der Waals surface area contributed by atoms with Crippen LogP contribution in [0.4, 0.5) is 10.1 Å². The molecule has 1 heterocycles. The molecule has 2 aromatic rings. The fourth-order valence-corrected chi connectivity index (χ4v) is 2.85. The van der Waals surface area contributed by atoms with Crippen molar-refractivity contribution < 1.29 is 14.0 Å². The second-order valence-electron chi connectivity index (χ2n) is 5.03. The Labute approximate surface area is 137 Å². The van der Waals surface area contributed by atoms with Crippen molar-refractivity contribution in [1.82, 2.24) is 0 Å². The maximum atomic E-state index is 13.0. The number of nitrogens with zero attached hydrogens (tertiary/aromatic N) is 1. The van der Waals surface area contributed by atoms with E-state index in [0.29, 0.717) is 12.1 Å². The van der Waals surface area contributed by atoms with Crippen LogP contribution in [0.15, 0.2) is 58.6 Å². The van der Waals surface area contributed by atoms with Gasteiger partial charge in [0.05, 0.1) is 11.4 Å². The average Bonchev–Trinajstić information content (AvgIpc) is 3.06. The zero-order valence-electron chi connectivity index (χ0n) is 12.5. The van der Waals surface area contributed by atoms with E-state index in [-0.39, 0.29) is 11.7 Å². The molecule has 0 saturated carbocycles. The first-order valence-corrected chi connectivity index (χ1v) is 8.32. The first-order chi connectivity index (χ1) is 11.2. The van der Waals surface area contributed by atoms with E-state index >= 15 is 0 Å². The zero-order valence-corrected chi connectivity index (χ0v) is 13.3. The highest BCUT2D eigenvalue weighted by atomic mass is 32.2. The minimum atomic E-state index is -0.676. The molecule has 1 atom stereocenters. The van der Waals surface area contributed by atoms with Gasteiger partial charge in [0.25, 0.3) is 5.91 Å². The van der Waals surface area contributed by atoms with Gasteiger partial charge in [-0.15, -0.1) is 11.8 Å². The summed E-state index contributed by atoms with van der Waals surface area (Å²) >= 11 is 1.56. The highest BCUT2D eigenvalue weighted by molar-refractivity contribution is 7.98. The van der Waals surface area contributed by atoms with Crippen molar-refractivity contribution in [3.8, 4) is 0 Å². The molecule has 0 radical (unpaired) electrons. The number of thioether (sulfide) groups is 1. The van der Waals surface area contributed by atoms with Crippen LogP contribution in [0, 0.1) is 5.82 Å². The number of halogens is 1. The van der Waals surface area contributed by atoms with Gasteiger partial charge in [-0.05, 0) is 36.1 Å². The van der Waals surface area contributed by atoms with Crippen LogP contribution in [0.2, 0.25) is 0 Å². The Kier molecular flexibility index (Phi) is 4.62. The highest BCUT2D eigenvalue weighted by Crippen LogP contribution is 2.26. The molecule has 2 aromatic carbocycles. The van der Waals surface area contributed by atoms with E-state index in [1.54, 1.807) is 23.9 Å². The predicted octanol–water partition coefficient (Wildman–Crippen LogP) is 3.68. The lowest BCUT2D eigenvalue weighted by Gasteiger charge is -2.12. The molecule has 1 N–H and O–H groups in total. The van der Waals surface area contributed by atoms with Gasteiger partial charge in [-0.1, -0.05) is 29.4 Å². The molecule has 0 saturated heterocycles. The van der Waals surface area contributed by atoms with E-state index in [1.807, 2.05) is 30.5 Å². The molecule has 4 nitrogen and oxygen atoms in total. The minimum absolute atomic E-state index is 0.243. The average molecular weight is 330 g/mol. The molecule has 1 aliphatic heterocycles. The lowest BCUT2D eigenvalue weighted by Crippen LogP contribution is -2.28. The number of carbonyl (C=O) groups excluding carboxylic acids is 1. The van der Waals surface area contributed by atoms with Gasteiger partial charge in [0.1, 0.15) is 5.82 Å². The number of anilines is 1. The van der Waals surface area contributed by atoms with Crippen molar-refractivity contribution in [2.24, 2.45) is 5.16 Å². The summed E-state index contributed by atoms with van der Waals surface area (Å²) in [5.74, 6) is -0.552. The molecule has 1 aliphatic rings. The van der Waals surface area contributed by atoms with Crippen LogP contribution in [0.25, 0.3) is 0 Å². The Morgan fingerprint density at radius 2 is 2.00 bits per heavy atom. The van der Waals surface area contributed by atoms with Crippen molar-refractivity contribution in [2.45, 2.75) is 17.4 Å². The molecule has 0 aliphatic carbocycles. The van der Waals surface area contributed by atoms with Crippen molar-refractivity contribution >= 4 is 29.1 Å². The largest absolute Gasteiger partial charge is 0.382 e. The Morgan fingerprint density at radius 1 is 1.26 bits per heavy atom. The van der Waals surface area contributed by atoms with Gasteiger partial charge in [-0.25, -0.2) is 4.39 Å². The van der Waals surface area contributed by atoms with Crippen LogP contribution < -0.4 is 5.32 Å². The van der Waals surface area contributed by atoms with Crippen LogP contribution in [0.3, 0.4) is 0 Å². The molecule has 23 heavy (non-hydrogen) atoms. The van der Waals surface area contributed by atoms with Crippen LogP contribution >= 0.6 is 11.8 Å². The van der Waals surface area contributed by atoms with E-state index in [1.165, 1.54) is 12.1 Å². The lowest BCUT2D eigenvalue weighted by molar-refractivity contribution is -0.125. The van der Waals surface area contributed by atoms with Crippen molar-refractivity contribution in [3.63, 3.8) is 0 Å². The van der Waals surface area contributed by atoms with E-state index in [0.717, 1.165) is 16.1 Å². The predicted molar refractivity (Wildman–Crippen MR) is 89.3 cm³/mol. The second kappa shape index (κ2) is 6.83. The molecule has 0 unspecified atom stereocenters. The molecule has 0 aromatic heterocycles. The summed E-state index contributed by atoms with van der Waals surface area (Å²) in [5.41, 5.74) is 2.15. The van der Waals surface area contributed by atoms with E-state index in [9.17, 15) is 9.18 Å². The second-order valence-corrected chi connectivity index (χ2v) is 5.88. The lowest BCUT2D eigenvalue weighted by atomic mass is 10.0. The summed E-state index contributed by atoms with van der Waals surface area (Å²) in [6.45, 7) is 0. The molecular weight excluding hydrogens is 315 g/mol. The maximum absolute atomic E-state index is 13.0. The molecular formula is C17H15FN2O2S. The molecule has 6 heteroatoms. The number of hydrogen-bond donors (Lipinski definition) is 1. The van der Waals surface area contributed by atoms with Gasteiger partial charge in [0, 0.05) is 11.3 Å². The SMILES string of the molecule is CSc1ccccc1NC(=O)[C@H]1CC(c2ccc(F)cc2)=NO1. The van der Waals surface area contributed by atoms with E-state index in [2.05, 4.69) is 10.5 Å². The fraction of sp³-hybridized carbons (Fsp3) is 0.176. The van der Waals surface area contributed by atoms with Crippen LogP contribution in [-0.4, -0.2) is 24.0 Å². The van der Waals surface area contributed by atoms with Crippen molar-refractivity contribution in [2.75, 3.05) is 11.6 Å². The smallest absolute Gasteiger partial charge is 0.268 e. The summed E-state index contributed by atoms with van der Waals surface area (Å²) in [5, 5.41) is 6.82. The number of amides is 1. The molecule has 118 valence electrons. The molecule has 0 fully saturated rings. The summed E-state index contributed by atoms with van der Waals surface area (Å²) in [4.78, 5) is 18.6. The van der Waals surface area contributed by atoms with Crippen LogP contribution in [0.1, 0.15) is 12.0 Å². The molecule has 3 rings (SSSR count). The quantitative estimate of drug-likeness (QED) is 0.870. The van der Waals surface area contributed by atoms with Gasteiger partial charge in [0.2, 0.25) is 6.10 Å². The van der Waals surface area contributed by atoms with Gasteiger partial charge >= 0.3 is 0 Å². The Morgan fingerprint density at radius 3 is 2.74 bits per heavy atom. The minimum Gasteiger partial charge on any atom is -0.382 e. The number of nitrogens with one attached hydrogen (secondary N) is 1. The third-order valence-electron chi connectivity index (χ3n) is 3.50. The van der Waals surface area contributed by atoms with E-state index in [4.69, 9.17) is 4.84 Å². The topological polar surface area (TPSA) is 50.7 Å². The van der Waals surface area contributed by atoms with Crippen molar-refractivity contribution in [3.05, 3.63) is 59.9 Å². The Bertz CT molecular complexity index is 747. The first-order valence-electron chi connectivity index (χ1n) is 7.10. The number of para-hydroxylation sites is 1. The van der Waals surface area contributed by atoms with Crippen LogP contribution in [-0.2, 0) is 9.63 Å². The van der Waals surface area contributed by atoms with Gasteiger partial charge < -0.3 is 10.2 Å². The Hall–Kier alpha value is -2.34. The first kappa shape index (κ1) is 15.6. The summed E-state index contributed by atoms with van der Waals surface area (Å²) < 4.78 is 13.0. The summed E-state index contributed by atoms with van der Waals surface area (Å²) in [6.07, 6.45) is 1.64. The number of carbonyl (C=O) groups is 1. The summed E-state index contributed by atoms with van der Waals surface area (Å²) in [6, 6.07) is 13.5. The standard InChI is InChI=1S/C17H15FN2O2S/c1-23-16-5-3-2-4-13(16)19-17(21)15-10-14(20-22-15)11-6-8-12(18)9-7-11/h2-9,15H,10H2,1H3,(H,19,21)/t15-/m1/s1. The third kappa shape index (κ3) is 3.53. The molecule has 0 bridgehead atoms. The van der Waals surface area contributed by atoms with Crippen molar-refractivity contribution in [1.29, 1.82) is 0 Å².